The molecule has 0 bridgehead atoms. The lowest BCUT2D eigenvalue weighted by Crippen LogP contribution is -2.18. The van der Waals surface area contributed by atoms with Gasteiger partial charge in [0.1, 0.15) is 5.75 Å². The highest BCUT2D eigenvalue weighted by molar-refractivity contribution is 6.31. The summed E-state index contributed by atoms with van der Waals surface area (Å²) in [6.45, 7) is 6.13. The molecule has 4 nitrogen and oxygen atoms in total. The van der Waals surface area contributed by atoms with Crippen molar-refractivity contribution in [2.75, 3.05) is 0 Å². The second-order valence-corrected chi connectivity index (χ2v) is 9.04. The van der Waals surface area contributed by atoms with E-state index < -0.39 is 6.10 Å². The predicted molar refractivity (Wildman–Crippen MR) is 138 cm³/mol. The van der Waals surface area contributed by atoms with Crippen LogP contribution >= 0.6 is 11.6 Å². The summed E-state index contributed by atoms with van der Waals surface area (Å²) in [7, 11) is 0. The largest absolute Gasteiger partial charge is 0.457 e. The standard InChI is InChI=1S/C29H32ClNO3/c1-4-5-14-24-25(30)15-9-16-26(24)33-27(19-22-11-10-17-31-20-22)29(23-12-7-6-8-13-23)34-28(32)18-21(2)3/h6-13,15-17,19-21,29H,4-5,14,18H2,1-3H3. The molecule has 0 spiro atoms. The first-order valence-corrected chi connectivity index (χ1v) is 12.2. The first-order valence-electron chi connectivity index (χ1n) is 11.8. The molecule has 1 heterocycles. The number of hydrogen-bond donors (Lipinski definition) is 0. The molecule has 1 unspecified atom stereocenters. The molecule has 3 aromatic rings. The monoisotopic (exact) mass is 477 g/mol. The molecule has 34 heavy (non-hydrogen) atoms. The minimum absolute atomic E-state index is 0.184. The molecular formula is C29H32ClNO3. The third kappa shape index (κ3) is 7.46. The first-order chi connectivity index (χ1) is 16.5. The van der Waals surface area contributed by atoms with E-state index in [9.17, 15) is 4.79 Å². The highest BCUT2D eigenvalue weighted by Gasteiger charge is 2.25. The number of esters is 1. The Morgan fingerprint density at radius 1 is 1.06 bits per heavy atom. The first kappa shape index (κ1) is 25.5. The number of nitrogens with zero attached hydrogens (tertiary/aromatic N) is 1. The maximum absolute atomic E-state index is 12.8. The van der Waals surface area contributed by atoms with Crippen molar-refractivity contribution in [2.24, 2.45) is 5.92 Å². The SMILES string of the molecule is CCCCc1c(Cl)cccc1OC(=Cc1cccnc1)C(OC(=O)CC(C)C)c1ccccc1. The van der Waals surface area contributed by atoms with Crippen LogP contribution in [0.5, 0.6) is 5.75 Å². The van der Waals surface area contributed by atoms with E-state index in [2.05, 4.69) is 11.9 Å². The van der Waals surface area contributed by atoms with Gasteiger partial charge in [0.2, 0.25) is 0 Å². The molecule has 0 aliphatic rings. The molecule has 3 rings (SSSR count). The second kappa shape index (κ2) is 13.0. The fourth-order valence-electron chi connectivity index (χ4n) is 3.57. The van der Waals surface area contributed by atoms with Crippen molar-refractivity contribution >= 4 is 23.6 Å². The van der Waals surface area contributed by atoms with Crippen LogP contribution in [0.2, 0.25) is 5.02 Å². The number of pyridine rings is 1. The zero-order chi connectivity index (χ0) is 24.3. The van der Waals surface area contributed by atoms with Gasteiger partial charge in [0.05, 0.1) is 0 Å². The van der Waals surface area contributed by atoms with Crippen LogP contribution < -0.4 is 4.74 Å². The Bertz CT molecular complexity index is 1080. The van der Waals surface area contributed by atoms with Gasteiger partial charge in [-0.15, -0.1) is 0 Å². The normalized spacial score (nSPS) is 12.4. The molecule has 1 atom stereocenters. The molecular weight excluding hydrogens is 446 g/mol. The van der Waals surface area contributed by atoms with Gasteiger partial charge in [0, 0.05) is 35.0 Å². The fourth-order valence-corrected chi connectivity index (χ4v) is 3.83. The third-order valence-corrected chi connectivity index (χ3v) is 5.62. The number of hydrogen-bond acceptors (Lipinski definition) is 4. The van der Waals surface area contributed by atoms with E-state index in [1.807, 2.05) is 80.6 Å². The molecule has 0 N–H and O–H groups in total. The summed E-state index contributed by atoms with van der Waals surface area (Å²) < 4.78 is 12.5. The molecule has 0 saturated carbocycles. The van der Waals surface area contributed by atoms with Crippen LogP contribution in [0.1, 0.15) is 62.8 Å². The van der Waals surface area contributed by atoms with Crippen LogP contribution in [0.3, 0.4) is 0 Å². The van der Waals surface area contributed by atoms with Crippen molar-refractivity contribution in [3.63, 3.8) is 0 Å². The summed E-state index contributed by atoms with van der Waals surface area (Å²) >= 11 is 6.55. The topological polar surface area (TPSA) is 48.4 Å². The molecule has 2 aromatic carbocycles. The molecule has 0 aliphatic carbocycles. The number of unbranched alkanes of at least 4 members (excludes halogenated alkanes) is 1. The molecule has 0 amide bonds. The van der Waals surface area contributed by atoms with Crippen LogP contribution in [-0.4, -0.2) is 11.0 Å². The van der Waals surface area contributed by atoms with Gasteiger partial charge in [-0.3, -0.25) is 9.78 Å². The van der Waals surface area contributed by atoms with Gasteiger partial charge in [0.15, 0.2) is 11.9 Å². The quantitative estimate of drug-likeness (QED) is 0.208. The molecule has 0 fully saturated rings. The van der Waals surface area contributed by atoms with Gasteiger partial charge in [-0.1, -0.05) is 81.3 Å². The number of benzene rings is 2. The second-order valence-electron chi connectivity index (χ2n) is 8.63. The van der Waals surface area contributed by atoms with Crippen molar-refractivity contribution in [3.05, 3.63) is 101 Å². The van der Waals surface area contributed by atoms with Crippen molar-refractivity contribution < 1.29 is 14.3 Å². The summed E-state index contributed by atoms with van der Waals surface area (Å²) in [6.07, 6.45) is 7.78. The number of carbonyl (C=O) groups excluding carboxylic acids is 1. The van der Waals surface area contributed by atoms with Crippen molar-refractivity contribution in [2.45, 2.75) is 52.6 Å². The molecule has 1 aromatic heterocycles. The summed E-state index contributed by atoms with van der Waals surface area (Å²) in [5.74, 6) is 1.07. The Morgan fingerprint density at radius 3 is 2.53 bits per heavy atom. The Hall–Kier alpha value is -3.11. The molecule has 0 saturated heterocycles. The molecule has 0 aliphatic heterocycles. The number of ether oxygens (including phenoxy) is 2. The van der Waals surface area contributed by atoms with Crippen LogP contribution in [-0.2, 0) is 16.0 Å². The number of rotatable bonds is 11. The van der Waals surface area contributed by atoms with Gasteiger partial charge in [-0.2, -0.15) is 0 Å². The van der Waals surface area contributed by atoms with E-state index in [1.54, 1.807) is 12.4 Å². The number of halogens is 1. The zero-order valence-corrected chi connectivity index (χ0v) is 20.8. The molecule has 178 valence electrons. The summed E-state index contributed by atoms with van der Waals surface area (Å²) in [6, 6.07) is 19.1. The van der Waals surface area contributed by atoms with E-state index in [-0.39, 0.29) is 11.9 Å². The highest BCUT2D eigenvalue weighted by Crippen LogP contribution is 2.35. The molecule has 0 radical (unpaired) electrons. The van der Waals surface area contributed by atoms with Crippen molar-refractivity contribution in [1.29, 1.82) is 0 Å². The van der Waals surface area contributed by atoms with Gasteiger partial charge in [-0.25, -0.2) is 0 Å². The fraction of sp³-hybridized carbons (Fsp3) is 0.310. The van der Waals surface area contributed by atoms with Crippen LogP contribution in [0.25, 0.3) is 6.08 Å². The summed E-state index contributed by atoms with van der Waals surface area (Å²) in [5, 5.41) is 0.666. The molecule has 5 heteroatoms. The smallest absolute Gasteiger partial charge is 0.307 e. The highest BCUT2D eigenvalue weighted by atomic mass is 35.5. The van der Waals surface area contributed by atoms with Crippen LogP contribution in [0.4, 0.5) is 0 Å². The summed E-state index contributed by atoms with van der Waals surface area (Å²) in [4.78, 5) is 17.0. The van der Waals surface area contributed by atoms with Gasteiger partial charge in [0.25, 0.3) is 0 Å². The average molecular weight is 478 g/mol. The van der Waals surface area contributed by atoms with E-state index in [0.717, 1.165) is 36.0 Å². The van der Waals surface area contributed by atoms with E-state index in [1.165, 1.54) is 0 Å². The number of carbonyl (C=O) groups is 1. The van der Waals surface area contributed by atoms with E-state index >= 15 is 0 Å². The zero-order valence-electron chi connectivity index (χ0n) is 20.0. The van der Waals surface area contributed by atoms with Crippen LogP contribution in [0.15, 0.2) is 78.8 Å². The number of aromatic nitrogens is 1. The Kier molecular flexibility index (Phi) is 9.72. The lowest BCUT2D eigenvalue weighted by Gasteiger charge is -2.24. The summed E-state index contributed by atoms with van der Waals surface area (Å²) in [5.41, 5.74) is 2.62. The van der Waals surface area contributed by atoms with Crippen molar-refractivity contribution in [1.82, 2.24) is 4.98 Å². The Balaban J connectivity index is 2.08. The minimum Gasteiger partial charge on any atom is -0.457 e. The van der Waals surface area contributed by atoms with Gasteiger partial charge >= 0.3 is 5.97 Å². The maximum atomic E-state index is 12.8. The Morgan fingerprint density at radius 2 is 1.85 bits per heavy atom. The van der Waals surface area contributed by atoms with Gasteiger partial charge < -0.3 is 9.47 Å². The lowest BCUT2D eigenvalue weighted by molar-refractivity contribution is -0.149. The van der Waals surface area contributed by atoms with Crippen LogP contribution in [0, 0.1) is 5.92 Å². The predicted octanol–water partition coefficient (Wildman–Crippen LogP) is 7.83. The van der Waals surface area contributed by atoms with E-state index in [0.29, 0.717) is 23.0 Å². The average Bonchev–Trinajstić information content (AvgIpc) is 2.82. The third-order valence-electron chi connectivity index (χ3n) is 5.26. The van der Waals surface area contributed by atoms with Crippen molar-refractivity contribution in [3.8, 4) is 5.75 Å². The van der Waals surface area contributed by atoms with E-state index in [4.69, 9.17) is 21.1 Å². The van der Waals surface area contributed by atoms with Gasteiger partial charge in [-0.05, 0) is 48.6 Å². The maximum Gasteiger partial charge on any atom is 0.307 e. The Labute approximate surface area is 207 Å². The minimum atomic E-state index is -0.717. The lowest BCUT2D eigenvalue weighted by atomic mass is 10.0.